The highest BCUT2D eigenvalue weighted by atomic mass is 19.1. The molecular formula is C23H28FN5O. The molecule has 1 saturated heterocycles. The van der Waals surface area contributed by atoms with Gasteiger partial charge in [-0.1, -0.05) is 26.0 Å². The van der Waals surface area contributed by atoms with E-state index >= 15 is 4.39 Å². The number of nitrogens with one attached hydrogen (secondary N) is 1. The van der Waals surface area contributed by atoms with Gasteiger partial charge < -0.3 is 10.2 Å². The summed E-state index contributed by atoms with van der Waals surface area (Å²) in [6.07, 6.45) is 2.85. The number of hydrogen-bond acceptors (Lipinski definition) is 5. The normalized spacial score (nSPS) is 19.1. The van der Waals surface area contributed by atoms with E-state index in [-0.39, 0.29) is 12.8 Å². The summed E-state index contributed by atoms with van der Waals surface area (Å²) in [5.74, 6) is 0.300. The molecule has 3 heterocycles. The number of hydrogen-bond donors (Lipinski definition) is 1. The van der Waals surface area contributed by atoms with Crippen LogP contribution in [0.5, 0.6) is 0 Å². The van der Waals surface area contributed by atoms with Gasteiger partial charge in [-0.05, 0) is 35.9 Å². The molecule has 30 heavy (non-hydrogen) atoms. The van der Waals surface area contributed by atoms with Crippen molar-refractivity contribution in [2.24, 2.45) is 16.1 Å². The van der Waals surface area contributed by atoms with E-state index in [1.54, 1.807) is 12.3 Å². The fraction of sp³-hybridized carbons (Fsp3) is 0.478. The molecular weight excluding hydrogens is 381 g/mol. The van der Waals surface area contributed by atoms with Crippen LogP contribution in [0.4, 0.5) is 10.2 Å². The summed E-state index contributed by atoms with van der Waals surface area (Å²) in [4.78, 5) is 19.2. The van der Waals surface area contributed by atoms with Gasteiger partial charge in [-0.2, -0.15) is 10.2 Å². The number of aromatic nitrogens is 1. The maximum absolute atomic E-state index is 15.3. The fourth-order valence-electron chi connectivity index (χ4n) is 4.07. The van der Waals surface area contributed by atoms with Crippen LogP contribution in [0.15, 0.2) is 40.7 Å². The van der Waals surface area contributed by atoms with Gasteiger partial charge in [0, 0.05) is 56.2 Å². The van der Waals surface area contributed by atoms with Crippen molar-refractivity contribution in [1.29, 1.82) is 0 Å². The highest BCUT2D eigenvalue weighted by Crippen LogP contribution is 2.29. The Balaban J connectivity index is 1.46. The summed E-state index contributed by atoms with van der Waals surface area (Å²) in [5, 5.41) is 12.9. The van der Waals surface area contributed by atoms with Crippen LogP contribution >= 0.6 is 0 Å². The lowest BCUT2D eigenvalue weighted by Gasteiger charge is -2.36. The lowest BCUT2D eigenvalue weighted by Crippen LogP contribution is -2.49. The number of benzene rings is 1. The number of piperidine rings is 1. The van der Waals surface area contributed by atoms with Crippen molar-refractivity contribution in [2.75, 3.05) is 25.0 Å². The molecule has 0 aliphatic carbocycles. The quantitative estimate of drug-likeness (QED) is 0.805. The molecule has 1 amide bonds. The minimum Gasteiger partial charge on any atom is -0.308 e. The largest absolute Gasteiger partial charge is 0.308 e. The topological polar surface area (TPSA) is 70.0 Å². The van der Waals surface area contributed by atoms with E-state index < -0.39 is 11.6 Å². The van der Waals surface area contributed by atoms with Crippen molar-refractivity contribution in [1.82, 2.24) is 9.88 Å². The van der Waals surface area contributed by atoms with Gasteiger partial charge in [0.15, 0.2) is 5.67 Å². The molecule has 1 N–H and O–H groups in total. The van der Waals surface area contributed by atoms with Gasteiger partial charge in [-0.25, -0.2) is 9.37 Å². The van der Waals surface area contributed by atoms with Crippen molar-refractivity contribution in [3.8, 4) is 0 Å². The predicted molar refractivity (Wildman–Crippen MR) is 119 cm³/mol. The van der Waals surface area contributed by atoms with Crippen LogP contribution in [-0.2, 0) is 4.79 Å². The maximum Gasteiger partial charge on any atom is 0.263 e. The van der Waals surface area contributed by atoms with E-state index in [9.17, 15) is 4.79 Å². The molecule has 0 atom stereocenters. The molecule has 4 rings (SSSR count). The first-order valence-corrected chi connectivity index (χ1v) is 10.6. The highest BCUT2D eigenvalue weighted by molar-refractivity contribution is 6.15. The van der Waals surface area contributed by atoms with Gasteiger partial charge in [-0.3, -0.25) is 4.79 Å². The summed E-state index contributed by atoms with van der Waals surface area (Å²) in [6, 6.07) is 7.77. The second-order valence-electron chi connectivity index (χ2n) is 8.80. The van der Waals surface area contributed by atoms with Crippen LogP contribution in [0.1, 0.15) is 45.6 Å². The molecule has 7 heteroatoms. The van der Waals surface area contributed by atoms with Crippen LogP contribution < -0.4 is 5.32 Å². The van der Waals surface area contributed by atoms with E-state index in [1.807, 2.05) is 25.1 Å². The zero-order chi connectivity index (χ0) is 21.3. The lowest BCUT2D eigenvalue weighted by molar-refractivity contribution is -0.130. The molecule has 1 aromatic heterocycles. The van der Waals surface area contributed by atoms with Crippen molar-refractivity contribution in [3.05, 3.63) is 36.0 Å². The Labute approximate surface area is 176 Å². The van der Waals surface area contributed by atoms with Gasteiger partial charge in [0.2, 0.25) is 0 Å². The van der Waals surface area contributed by atoms with Gasteiger partial charge >= 0.3 is 0 Å². The van der Waals surface area contributed by atoms with E-state index in [4.69, 9.17) is 0 Å². The number of carbonyl (C=O) groups excluding carboxylic acids is 1. The Kier molecular flexibility index (Phi) is 5.64. The third-order valence-corrected chi connectivity index (χ3v) is 5.74. The Morgan fingerprint density at radius 3 is 2.63 bits per heavy atom. The molecule has 2 aliphatic heterocycles. The van der Waals surface area contributed by atoms with Crippen molar-refractivity contribution in [2.45, 2.75) is 45.7 Å². The zero-order valence-corrected chi connectivity index (χ0v) is 17.8. The number of likely N-dealkylation sites (tertiary alicyclic amines) is 1. The Hall–Kier alpha value is -2.67. The summed E-state index contributed by atoms with van der Waals surface area (Å²) in [6.45, 7) is 8.38. The second-order valence-corrected chi connectivity index (χ2v) is 8.80. The van der Waals surface area contributed by atoms with Crippen LogP contribution in [0, 0.1) is 5.92 Å². The van der Waals surface area contributed by atoms with Crippen molar-refractivity contribution >= 4 is 33.9 Å². The first-order chi connectivity index (χ1) is 14.3. The summed E-state index contributed by atoms with van der Waals surface area (Å²) in [7, 11) is 0. The molecule has 0 saturated carbocycles. The Morgan fingerprint density at radius 1 is 1.20 bits per heavy atom. The van der Waals surface area contributed by atoms with Gasteiger partial charge in [0.25, 0.3) is 5.91 Å². The molecule has 0 spiro atoms. The molecule has 0 radical (unpaired) electrons. The van der Waals surface area contributed by atoms with Gasteiger partial charge in [-0.15, -0.1) is 0 Å². The minimum atomic E-state index is -1.85. The molecule has 1 aromatic carbocycles. The molecule has 0 bridgehead atoms. The summed E-state index contributed by atoms with van der Waals surface area (Å²) >= 11 is 0. The number of carbonyl (C=O) groups is 1. The van der Waals surface area contributed by atoms with E-state index in [2.05, 4.69) is 39.3 Å². The van der Waals surface area contributed by atoms with Crippen LogP contribution in [0.3, 0.4) is 0 Å². The van der Waals surface area contributed by atoms with E-state index in [1.165, 1.54) is 0 Å². The number of fused-ring (bicyclic) bond motifs is 1. The standard InChI is InChI=1S/C23H28FN5O/c1-15(2)14-29-8-6-23(24,7-9-29)22(30)26-21-12-19-11-17(4-5-18(19)13-25-21)20-10-16(3)27-28-20/h4-5,11-13,15H,6-10,14H2,1-3H3,(H,25,26,30). The molecule has 6 nitrogen and oxygen atoms in total. The van der Waals surface area contributed by atoms with E-state index in [0.29, 0.717) is 24.8 Å². The van der Waals surface area contributed by atoms with Crippen molar-refractivity contribution in [3.63, 3.8) is 0 Å². The lowest BCUT2D eigenvalue weighted by atomic mass is 9.92. The predicted octanol–water partition coefficient (Wildman–Crippen LogP) is 4.20. The third-order valence-electron chi connectivity index (χ3n) is 5.74. The second kappa shape index (κ2) is 8.22. The molecule has 158 valence electrons. The minimum absolute atomic E-state index is 0.211. The number of amides is 1. The number of anilines is 1. The van der Waals surface area contributed by atoms with Crippen molar-refractivity contribution < 1.29 is 9.18 Å². The fourth-order valence-corrected chi connectivity index (χ4v) is 4.07. The molecule has 0 unspecified atom stereocenters. The average Bonchev–Trinajstić information content (AvgIpc) is 3.15. The first-order valence-electron chi connectivity index (χ1n) is 10.6. The monoisotopic (exact) mass is 409 g/mol. The smallest absolute Gasteiger partial charge is 0.263 e. The summed E-state index contributed by atoms with van der Waals surface area (Å²) in [5.41, 5.74) is 1.05. The molecule has 2 aromatic rings. The van der Waals surface area contributed by atoms with Gasteiger partial charge in [0.1, 0.15) is 5.82 Å². The van der Waals surface area contributed by atoms with Gasteiger partial charge in [0.05, 0.1) is 5.71 Å². The number of pyridine rings is 1. The first kappa shape index (κ1) is 20.6. The van der Waals surface area contributed by atoms with Crippen LogP contribution in [-0.4, -0.2) is 52.5 Å². The third kappa shape index (κ3) is 4.41. The highest BCUT2D eigenvalue weighted by Gasteiger charge is 2.41. The maximum atomic E-state index is 15.3. The summed E-state index contributed by atoms with van der Waals surface area (Å²) < 4.78 is 15.3. The number of nitrogens with zero attached hydrogens (tertiary/aromatic N) is 4. The SMILES string of the molecule is CC1=NN=C(c2ccc3cnc(NC(=O)C4(F)CCN(CC(C)C)CC4)cc3c2)C1. The number of rotatable bonds is 5. The average molecular weight is 410 g/mol. The van der Waals surface area contributed by atoms with Crippen LogP contribution in [0.25, 0.3) is 10.8 Å². The number of alkyl halides is 1. The number of halogens is 1. The van der Waals surface area contributed by atoms with E-state index in [0.717, 1.165) is 40.7 Å². The molecule has 2 aliphatic rings. The molecule has 1 fully saturated rings. The zero-order valence-electron chi connectivity index (χ0n) is 17.8. The Morgan fingerprint density at radius 2 is 1.97 bits per heavy atom. The Bertz CT molecular complexity index is 1020. The van der Waals surface area contributed by atoms with Crippen LogP contribution in [0.2, 0.25) is 0 Å².